The van der Waals surface area contributed by atoms with Crippen molar-refractivity contribution in [1.29, 1.82) is 0 Å². The Morgan fingerprint density at radius 2 is 1.88 bits per heavy atom. The molecule has 0 aliphatic carbocycles. The molecule has 26 heavy (non-hydrogen) atoms. The molecule has 1 aliphatic heterocycles. The highest BCUT2D eigenvalue weighted by Crippen LogP contribution is 2.24. The minimum atomic E-state index is -3.59. The zero-order chi connectivity index (χ0) is 19.1. The van der Waals surface area contributed by atoms with E-state index < -0.39 is 10.0 Å². The maximum atomic E-state index is 12.8. The van der Waals surface area contributed by atoms with E-state index in [1.165, 1.54) is 8.99 Å². The van der Waals surface area contributed by atoms with Gasteiger partial charge in [0.2, 0.25) is 10.0 Å². The maximum absolute atomic E-state index is 12.8. The van der Waals surface area contributed by atoms with E-state index in [9.17, 15) is 13.2 Å². The number of nitrogens with zero attached hydrogens (tertiary/aromatic N) is 4. The van der Waals surface area contributed by atoms with Gasteiger partial charge < -0.3 is 4.90 Å². The molecule has 10 heteroatoms. The van der Waals surface area contributed by atoms with Gasteiger partial charge in [0.1, 0.15) is 5.15 Å². The van der Waals surface area contributed by atoms with Crippen LogP contribution in [0.25, 0.3) is 0 Å². The summed E-state index contributed by atoms with van der Waals surface area (Å²) >= 11 is 9.46. The highest BCUT2D eigenvalue weighted by Gasteiger charge is 2.32. The second-order valence-corrected chi connectivity index (χ2v) is 9.24. The van der Waals surface area contributed by atoms with E-state index in [2.05, 4.69) is 21.0 Å². The second-order valence-electron chi connectivity index (χ2n) is 6.03. The molecule has 1 aromatic heterocycles. The molecule has 2 aromatic rings. The van der Waals surface area contributed by atoms with E-state index >= 15 is 0 Å². The van der Waals surface area contributed by atoms with Crippen LogP contribution < -0.4 is 0 Å². The largest absolute Gasteiger partial charge is 0.336 e. The molecule has 0 unspecified atom stereocenters. The fourth-order valence-corrected chi connectivity index (χ4v) is 5.21. The zero-order valence-electron chi connectivity index (χ0n) is 14.3. The average Bonchev–Trinajstić information content (AvgIpc) is 2.86. The summed E-state index contributed by atoms with van der Waals surface area (Å²) in [4.78, 5) is 14.6. The Morgan fingerprint density at radius 3 is 2.42 bits per heavy atom. The summed E-state index contributed by atoms with van der Waals surface area (Å²) in [6, 6.07) is 6.60. The molecule has 3 rings (SSSR count). The van der Waals surface area contributed by atoms with Gasteiger partial charge in [-0.1, -0.05) is 33.6 Å². The van der Waals surface area contributed by atoms with Gasteiger partial charge in [0.25, 0.3) is 5.91 Å². The van der Waals surface area contributed by atoms with Crippen LogP contribution in [0.5, 0.6) is 0 Å². The van der Waals surface area contributed by atoms with Crippen molar-refractivity contribution in [1.82, 2.24) is 19.0 Å². The number of aromatic nitrogens is 2. The second kappa shape index (κ2) is 7.30. The number of aryl methyl sites for hydroxylation is 2. The molecule has 0 N–H and O–H groups in total. The lowest BCUT2D eigenvalue weighted by molar-refractivity contribution is 0.0697. The summed E-state index contributed by atoms with van der Waals surface area (Å²) < 4.78 is 29.1. The monoisotopic (exact) mass is 460 g/mol. The molecule has 0 bridgehead atoms. The number of hydrogen-bond donors (Lipinski definition) is 0. The lowest BCUT2D eigenvalue weighted by Crippen LogP contribution is -2.50. The highest BCUT2D eigenvalue weighted by atomic mass is 79.9. The Labute approximate surface area is 165 Å². The first kappa shape index (κ1) is 19.3. The van der Waals surface area contributed by atoms with Gasteiger partial charge in [0.05, 0.1) is 16.2 Å². The molecule has 7 nitrogen and oxygen atoms in total. The molecule has 1 aliphatic rings. The molecule has 0 saturated carbocycles. The molecule has 140 valence electrons. The lowest BCUT2D eigenvalue weighted by atomic mass is 10.2. The fourth-order valence-electron chi connectivity index (χ4n) is 2.94. The maximum Gasteiger partial charge on any atom is 0.258 e. The summed E-state index contributed by atoms with van der Waals surface area (Å²) in [6.45, 7) is 2.80. The standard InChI is InChI=1S/C16H18BrClN4O3S/c1-11-14(15(18)20(2)19-11)16(23)21-6-8-22(9-7-21)26(24,25)13-5-3-4-12(17)10-13/h3-5,10H,6-9H2,1-2H3. The zero-order valence-corrected chi connectivity index (χ0v) is 17.5. The number of benzene rings is 1. The third kappa shape index (κ3) is 3.53. The van der Waals surface area contributed by atoms with Gasteiger partial charge >= 0.3 is 0 Å². The van der Waals surface area contributed by atoms with Crippen molar-refractivity contribution in [3.05, 3.63) is 45.1 Å². The van der Waals surface area contributed by atoms with E-state index in [1.54, 1.807) is 43.1 Å². The molecule has 0 spiro atoms. The first-order valence-electron chi connectivity index (χ1n) is 7.96. The van der Waals surface area contributed by atoms with Gasteiger partial charge in [-0.05, 0) is 25.1 Å². The summed E-state index contributed by atoms with van der Waals surface area (Å²) in [6.07, 6.45) is 0. The number of hydrogen-bond acceptors (Lipinski definition) is 4. The fraction of sp³-hybridized carbons (Fsp3) is 0.375. The smallest absolute Gasteiger partial charge is 0.258 e. The van der Waals surface area contributed by atoms with Crippen molar-refractivity contribution >= 4 is 43.5 Å². The van der Waals surface area contributed by atoms with Gasteiger partial charge in [-0.25, -0.2) is 8.42 Å². The molecule has 1 fully saturated rings. The van der Waals surface area contributed by atoms with Crippen LogP contribution in [-0.4, -0.2) is 59.5 Å². The van der Waals surface area contributed by atoms with Crippen LogP contribution in [0.1, 0.15) is 16.1 Å². The molecule has 1 aromatic carbocycles. The minimum Gasteiger partial charge on any atom is -0.336 e. The van der Waals surface area contributed by atoms with Gasteiger partial charge in [-0.15, -0.1) is 0 Å². The first-order valence-corrected chi connectivity index (χ1v) is 10.6. The Kier molecular flexibility index (Phi) is 5.43. The van der Waals surface area contributed by atoms with Gasteiger partial charge in [-0.2, -0.15) is 9.40 Å². The van der Waals surface area contributed by atoms with E-state index in [1.807, 2.05) is 0 Å². The van der Waals surface area contributed by atoms with Crippen molar-refractivity contribution in [2.45, 2.75) is 11.8 Å². The quantitative estimate of drug-likeness (QED) is 0.703. The van der Waals surface area contributed by atoms with Gasteiger partial charge in [-0.3, -0.25) is 9.48 Å². The van der Waals surface area contributed by atoms with Crippen molar-refractivity contribution in [3.63, 3.8) is 0 Å². The van der Waals surface area contributed by atoms with Crippen LogP contribution in [0.15, 0.2) is 33.6 Å². The number of piperazine rings is 1. The van der Waals surface area contributed by atoms with Crippen LogP contribution in [0.3, 0.4) is 0 Å². The Morgan fingerprint density at radius 1 is 1.23 bits per heavy atom. The topological polar surface area (TPSA) is 75.5 Å². The van der Waals surface area contributed by atoms with Crippen molar-refractivity contribution < 1.29 is 13.2 Å². The Balaban J connectivity index is 1.74. The van der Waals surface area contributed by atoms with Crippen LogP contribution in [0.4, 0.5) is 0 Å². The number of sulfonamides is 1. The van der Waals surface area contributed by atoms with Crippen molar-refractivity contribution in [2.24, 2.45) is 7.05 Å². The van der Waals surface area contributed by atoms with E-state index in [-0.39, 0.29) is 29.0 Å². The molecule has 0 atom stereocenters. The summed E-state index contributed by atoms with van der Waals surface area (Å²) in [5.74, 6) is -0.222. The highest BCUT2D eigenvalue weighted by molar-refractivity contribution is 9.10. The lowest BCUT2D eigenvalue weighted by Gasteiger charge is -2.34. The van der Waals surface area contributed by atoms with Gasteiger partial charge in [0.15, 0.2) is 0 Å². The summed E-state index contributed by atoms with van der Waals surface area (Å²) in [7, 11) is -1.91. The van der Waals surface area contributed by atoms with Crippen molar-refractivity contribution in [2.75, 3.05) is 26.2 Å². The number of rotatable bonds is 3. The number of amides is 1. The number of carbonyl (C=O) groups is 1. The number of carbonyl (C=O) groups excluding carboxylic acids is 1. The first-order chi connectivity index (χ1) is 12.2. The molecule has 1 saturated heterocycles. The molecule has 2 heterocycles. The summed E-state index contributed by atoms with van der Waals surface area (Å²) in [5, 5.41) is 4.44. The SMILES string of the molecule is Cc1nn(C)c(Cl)c1C(=O)N1CCN(S(=O)(=O)c2cccc(Br)c2)CC1. The Hall–Kier alpha value is -1.42. The van der Waals surface area contributed by atoms with Crippen molar-refractivity contribution in [3.8, 4) is 0 Å². The van der Waals surface area contributed by atoms with Crippen LogP contribution in [0, 0.1) is 6.92 Å². The van der Waals surface area contributed by atoms with E-state index in [0.29, 0.717) is 28.8 Å². The Bertz CT molecular complexity index is 952. The van der Waals surface area contributed by atoms with E-state index in [4.69, 9.17) is 11.6 Å². The molecule has 0 radical (unpaired) electrons. The van der Waals surface area contributed by atoms with Gasteiger partial charge in [0, 0.05) is 37.7 Å². The third-order valence-electron chi connectivity index (χ3n) is 4.33. The molecular formula is C16H18BrClN4O3S. The van der Waals surface area contributed by atoms with Crippen LogP contribution in [-0.2, 0) is 17.1 Å². The average molecular weight is 462 g/mol. The van der Waals surface area contributed by atoms with E-state index in [0.717, 1.165) is 0 Å². The predicted molar refractivity (Wildman–Crippen MR) is 102 cm³/mol. The molecule has 1 amide bonds. The predicted octanol–water partition coefficient (Wildman–Crippen LogP) is 2.29. The third-order valence-corrected chi connectivity index (χ3v) is 7.15. The number of halogens is 2. The summed E-state index contributed by atoms with van der Waals surface area (Å²) in [5.41, 5.74) is 0.934. The molecular weight excluding hydrogens is 444 g/mol. The van der Waals surface area contributed by atoms with Crippen LogP contribution >= 0.6 is 27.5 Å². The van der Waals surface area contributed by atoms with Crippen LogP contribution in [0.2, 0.25) is 5.15 Å². The normalized spacial score (nSPS) is 16.1. The minimum absolute atomic E-state index is 0.222.